The molecule has 22 heavy (non-hydrogen) atoms. The van der Waals surface area contributed by atoms with Crippen molar-refractivity contribution in [3.05, 3.63) is 23.8 Å². The molecule has 1 N–H and O–H groups in total. The average Bonchev–Trinajstić information content (AvgIpc) is 2.53. The minimum atomic E-state index is -0.850. The van der Waals surface area contributed by atoms with Gasteiger partial charge in [-0.3, -0.25) is 4.79 Å². The highest BCUT2D eigenvalue weighted by Crippen LogP contribution is 2.35. The van der Waals surface area contributed by atoms with Crippen molar-refractivity contribution < 1.29 is 14.7 Å². The van der Waals surface area contributed by atoms with Gasteiger partial charge in [0.15, 0.2) is 0 Å². The maximum absolute atomic E-state index is 11.8. The maximum atomic E-state index is 11.8. The van der Waals surface area contributed by atoms with Crippen molar-refractivity contribution >= 4 is 23.4 Å². The second-order valence-electron chi connectivity index (χ2n) is 5.81. The van der Waals surface area contributed by atoms with Gasteiger partial charge >= 0.3 is 6.09 Å². The lowest BCUT2D eigenvalue weighted by Gasteiger charge is -2.38. The number of carbonyl (C=O) groups is 2. The molecule has 0 unspecified atom stereocenters. The van der Waals surface area contributed by atoms with E-state index in [2.05, 4.69) is 11.0 Å². The first kappa shape index (κ1) is 14.7. The molecular weight excluding hydrogens is 282 g/mol. The summed E-state index contributed by atoms with van der Waals surface area (Å²) in [7, 11) is 0. The fourth-order valence-electron chi connectivity index (χ4n) is 3.37. The Bertz CT molecular complexity index is 594. The molecule has 0 spiro atoms. The smallest absolute Gasteiger partial charge is 0.407 e. The number of benzene rings is 1. The van der Waals surface area contributed by atoms with Crippen LogP contribution in [0, 0.1) is 0 Å². The van der Waals surface area contributed by atoms with Gasteiger partial charge in [0.2, 0.25) is 5.91 Å². The second-order valence-corrected chi connectivity index (χ2v) is 5.81. The molecular formula is C16H21N3O3. The van der Waals surface area contributed by atoms with Crippen molar-refractivity contribution in [1.29, 1.82) is 0 Å². The van der Waals surface area contributed by atoms with Crippen LogP contribution in [0.3, 0.4) is 0 Å². The number of carboxylic acid groups (broad SMARTS) is 1. The number of nitrogens with zero attached hydrogens (tertiary/aromatic N) is 3. The van der Waals surface area contributed by atoms with Crippen LogP contribution in [0.4, 0.5) is 16.2 Å². The van der Waals surface area contributed by atoms with Gasteiger partial charge in [0.05, 0.1) is 0 Å². The van der Waals surface area contributed by atoms with Gasteiger partial charge in [-0.1, -0.05) is 6.07 Å². The molecule has 0 saturated carbocycles. The number of hydrogen-bond acceptors (Lipinski definition) is 3. The molecule has 0 radical (unpaired) electrons. The highest BCUT2D eigenvalue weighted by atomic mass is 16.4. The van der Waals surface area contributed by atoms with E-state index >= 15 is 0 Å². The van der Waals surface area contributed by atoms with Crippen LogP contribution in [-0.4, -0.2) is 54.7 Å². The monoisotopic (exact) mass is 303 g/mol. The van der Waals surface area contributed by atoms with Gasteiger partial charge in [0.25, 0.3) is 0 Å². The van der Waals surface area contributed by atoms with E-state index in [4.69, 9.17) is 5.11 Å². The summed E-state index contributed by atoms with van der Waals surface area (Å²) in [6.45, 7) is 4.82. The summed E-state index contributed by atoms with van der Waals surface area (Å²) in [5, 5.41) is 9.05. The standard InChI is InChI=1S/C16H21N3O3/c1-12(20)19-7-3-4-13-14(5-2-6-15(13)19)17-8-10-18(11-9-17)16(21)22/h2,5-6H,3-4,7-11H2,1H3,(H,21,22). The predicted octanol–water partition coefficient (Wildman–Crippen LogP) is 1.79. The summed E-state index contributed by atoms with van der Waals surface area (Å²) in [5.74, 6) is 0.0776. The highest BCUT2D eigenvalue weighted by molar-refractivity contribution is 5.94. The quantitative estimate of drug-likeness (QED) is 0.859. The van der Waals surface area contributed by atoms with Crippen molar-refractivity contribution in [2.24, 2.45) is 0 Å². The molecule has 1 fully saturated rings. The van der Waals surface area contributed by atoms with Crippen LogP contribution in [0.5, 0.6) is 0 Å². The lowest BCUT2D eigenvalue weighted by molar-refractivity contribution is -0.116. The molecule has 6 nitrogen and oxygen atoms in total. The lowest BCUT2D eigenvalue weighted by atomic mass is 9.98. The van der Waals surface area contributed by atoms with E-state index in [0.29, 0.717) is 26.2 Å². The van der Waals surface area contributed by atoms with E-state index in [1.165, 1.54) is 10.5 Å². The van der Waals surface area contributed by atoms with Crippen molar-refractivity contribution in [1.82, 2.24) is 4.90 Å². The third-order valence-electron chi connectivity index (χ3n) is 4.50. The molecule has 118 valence electrons. The van der Waals surface area contributed by atoms with E-state index < -0.39 is 6.09 Å². The van der Waals surface area contributed by atoms with Gasteiger partial charge in [-0.15, -0.1) is 0 Å². The lowest BCUT2D eigenvalue weighted by Crippen LogP contribution is -2.48. The Balaban J connectivity index is 1.85. The molecule has 6 heteroatoms. The fraction of sp³-hybridized carbons (Fsp3) is 0.500. The van der Waals surface area contributed by atoms with Gasteiger partial charge in [-0.2, -0.15) is 0 Å². The fourth-order valence-corrected chi connectivity index (χ4v) is 3.37. The number of rotatable bonds is 1. The Morgan fingerprint density at radius 3 is 2.36 bits per heavy atom. The SMILES string of the molecule is CC(=O)N1CCCc2c(N3CCN(C(=O)O)CC3)cccc21. The third kappa shape index (κ3) is 2.61. The van der Waals surface area contributed by atoms with Crippen LogP contribution in [0.1, 0.15) is 18.9 Å². The van der Waals surface area contributed by atoms with Gasteiger partial charge in [0, 0.05) is 51.0 Å². The molecule has 2 aliphatic rings. The molecule has 0 aromatic heterocycles. The minimum absolute atomic E-state index is 0.0776. The first-order valence-corrected chi connectivity index (χ1v) is 7.70. The van der Waals surface area contributed by atoms with Gasteiger partial charge in [0.1, 0.15) is 0 Å². The van der Waals surface area contributed by atoms with Crippen LogP contribution < -0.4 is 9.80 Å². The van der Waals surface area contributed by atoms with E-state index in [-0.39, 0.29) is 5.91 Å². The third-order valence-corrected chi connectivity index (χ3v) is 4.50. The Kier molecular flexibility index (Phi) is 3.92. The van der Waals surface area contributed by atoms with E-state index in [9.17, 15) is 9.59 Å². The first-order valence-electron chi connectivity index (χ1n) is 7.70. The second kappa shape index (κ2) is 5.87. The number of amides is 2. The van der Waals surface area contributed by atoms with Crippen LogP contribution >= 0.6 is 0 Å². The van der Waals surface area contributed by atoms with Crippen molar-refractivity contribution in [2.75, 3.05) is 42.5 Å². The molecule has 2 amide bonds. The number of fused-ring (bicyclic) bond motifs is 1. The molecule has 0 bridgehead atoms. The number of anilines is 2. The predicted molar refractivity (Wildman–Crippen MR) is 84.6 cm³/mol. The molecule has 3 rings (SSSR count). The minimum Gasteiger partial charge on any atom is -0.465 e. The van der Waals surface area contributed by atoms with E-state index in [0.717, 1.165) is 30.8 Å². The molecule has 0 aliphatic carbocycles. The molecule has 2 heterocycles. The van der Waals surface area contributed by atoms with Crippen molar-refractivity contribution in [3.8, 4) is 0 Å². The summed E-state index contributed by atoms with van der Waals surface area (Å²) in [6.07, 6.45) is 1.09. The van der Waals surface area contributed by atoms with Crippen LogP contribution in [-0.2, 0) is 11.2 Å². The normalized spacial score (nSPS) is 18.1. The molecule has 1 aromatic carbocycles. The van der Waals surface area contributed by atoms with E-state index in [1.807, 2.05) is 17.0 Å². The molecule has 1 aromatic rings. The van der Waals surface area contributed by atoms with Gasteiger partial charge in [-0.05, 0) is 30.5 Å². The number of carbonyl (C=O) groups excluding carboxylic acids is 1. The first-order chi connectivity index (χ1) is 10.6. The van der Waals surface area contributed by atoms with Crippen LogP contribution in [0.15, 0.2) is 18.2 Å². The van der Waals surface area contributed by atoms with Crippen molar-refractivity contribution in [3.63, 3.8) is 0 Å². The van der Waals surface area contributed by atoms with Gasteiger partial charge in [-0.25, -0.2) is 4.79 Å². The summed E-state index contributed by atoms with van der Waals surface area (Å²) in [6, 6.07) is 6.07. The Morgan fingerprint density at radius 1 is 1.05 bits per heavy atom. The zero-order valence-corrected chi connectivity index (χ0v) is 12.8. The maximum Gasteiger partial charge on any atom is 0.407 e. The summed E-state index contributed by atoms with van der Waals surface area (Å²) in [4.78, 5) is 28.4. The number of hydrogen-bond donors (Lipinski definition) is 1. The Labute approximate surface area is 129 Å². The average molecular weight is 303 g/mol. The Morgan fingerprint density at radius 2 is 1.73 bits per heavy atom. The zero-order valence-electron chi connectivity index (χ0n) is 12.8. The summed E-state index contributed by atoms with van der Waals surface area (Å²) in [5.41, 5.74) is 3.37. The Hall–Kier alpha value is -2.24. The largest absolute Gasteiger partial charge is 0.465 e. The van der Waals surface area contributed by atoms with Crippen LogP contribution in [0.25, 0.3) is 0 Å². The van der Waals surface area contributed by atoms with Gasteiger partial charge < -0.3 is 19.8 Å². The summed E-state index contributed by atoms with van der Waals surface area (Å²) >= 11 is 0. The summed E-state index contributed by atoms with van der Waals surface area (Å²) < 4.78 is 0. The number of piperazine rings is 1. The van der Waals surface area contributed by atoms with E-state index in [1.54, 1.807) is 6.92 Å². The molecule has 2 aliphatic heterocycles. The van der Waals surface area contributed by atoms with Crippen molar-refractivity contribution in [2.45, 2.75) is 19.8 Å². The zero-order chi connectivity index (χ0) is 15.7. The topological polar surface area (TPSA) is 64.1 Å². The molecule has 1 saturated heterocycles. The van der Waals surface area contributed by atoms with Crippen LogP contribution in [0.2, 0.25) is 0 Å². The highest BCUT2D eigenvalue weighted by Gasteiger charge is 2.26. The molecule has 0 atom stereocenters.